The lowest BCUT2D eigenvalue weighted by molar-refractivity contribution is -0.120. The molecule has 0 bridgehead atoms. The Morgan fingerprint density at radius 3 is 2.17 bits per heavy atom. The minimum Gasteiger partial charge on any atom is -0.348 e. The van der Waals surface area contributed by atoms with E-state index < -0.39 is 15.9 Å². The predicted octanol–water partition coefficient (Wildman–Crippen LogP) is 4.72. The van der Waals surface area contributed by atoms with Crippen molar-refractivity contribution in [3.8, 4) is 0 Å². The lowest BCUT2D eigenvalue weighted by Gasteiger charge is -2.25. The van der Waals surface area contributed by atoms with Crippen LogP contribution in [-0.4, -0.2) is 20.9 Å². The molecule has 0 unspecified atom stereocenters. The summed E-state index contributed by atoms with van der Waals surface area (Å²) >= 11 is 5.96. The third-order valence-electron chi connectivity index (χ3n) is 4.69. The van der Waals surface area contributed by atoms with Crippen molar-refractivity contribution >= 4 is 33.2 Å². The maximum atomic E-state index is 13.3. The number of nitrogens with zero attached hydrogens (tertiary/aromatic N) is 1. The molecule has 0 saturated heterocycles. The largest absolute Gasteiger partial charge is 0.348 e. The zero-order valence-electron chi connectivity index (χ0n) is 16.7. The second-order valence-electron chi connectivity index (χ2n) is 7.00. The highest BCUT2D eigenvalue weighted by Gasteiger charge is 2.27. The first-order valence-corrected chi connectivity index (χ1v) is 11.3. The van der Waals surface area contributed by atoms with Gasteiger partial charge in [-0.2, -0.15) is 0 Å². The Hall–Kier alpha value is -2.83. The number of halogens is 1. The summed E-state index contributed by atoms with van der Waals surface area (Å²) < 4.78 is 27.8. The predicted molar refractivity (Wildman–Crippen MR) is 120 cm³/mol. The minimum atomic E-state index is -3.95. The van der Waals surface area contributed by atoms with Crippen LogP contribution in [0, 0.1) is 6.92 Å². The third kappa shape index (κ3) is 5.20. The van der Waals surface area contributed by atoms with Crippen LogP contribution in [0.5, 0.6) is 0 Å². The van der Waals surface area contributed by atoms with E-state index in [1.165, 1.54) is 12.1 Å². The zero-order valence-corrected chi connectivity index (χ0v) is 18.3. The van der Waals surface area contributed by atoms with E-state index in [1.54, 1.807) is 36.4 Å². The molecule has 5 nitrogen and oxygen atoms in total. The van der Waals surface area contributed by atoms with Gasteiger partial charge in [0.05, 0.1) is 16.6 Å². The summed E-state index contributed by atoms with van der Waals surface area (Å²) in [6.45, 7) is 3.38. The zero-order chi connectivity index (χ0) is 21.7. The molecule has 0 radical (unpaired) electrons. The van der Waals surface area contributed by atoms with Crippen LogP contribution in [0.15, 0.2) is 83.8 Å². The second-order valence-corrected chi connectivity index (χ2v) is 9.30. The van der Waals surface area contributed by atoms with Crippen LogP contribution in [0.25, 0.3) is 0 Å². The van der Waals surface area contributed by atoms with Gasteiger partial charge in [0.2, 0.25) is 5.91 Å². The molecule has 3 rings (SSSR count). The van der Waals surface area contributed by atoms with Crippen molar-refractivity contribution < 1.29 is 13.2 Å². The van der Waals surface area contributed by atoms with Crippen molar-refractivity contribution in [2.24, 2.45) is 0 Å². The first kappa shape index (κ1) is 21.9. The first-order chi connectivity index (χ1) is 14.3. The monoisotopic (exact) mass is 442 g/mol. The molecule has 156 valence electrons. The third-order valence-corrected chi connectivity index (χ3v) is 6.73. The minimum absolute atomic E-state index is 0.118. The Balaban J connectivity index is 1.89. The van der Waals surface area contributed by atoms with E-state index in [4.69, 9.17) is 11.6 Å². The van der Waals surface area contributed by atoms with Crippen LogP contribution in [0.2, 0.25) is 5.02 Å². The quantitative estimate of drug-likeness (QED) is 0.575. The number of aryl methyl sites for hydroxylation is 1. The van der Waals surface area contributed by atoms with Gasteiger partial charge in [-0.25, -0.2) is 8.42 Å². The standard InChI is InChI=1S/C23H23ClN2O3S/c1-17-8-14-22(15-9-17)30(28,29)26(21-12-10-20(24)11-13-21)16-23(27)25-18(2)19-6-4-3-5-7-19/h3-15,18H,16H2,1-2H3,(H,25,27)/t18-/m1/s1. The van der Waals surface area contributed by atoms with E-state index in [0.717, 1.165) is 15.4 Å². The van der Waals surface area contributed by atoms with Crippen LogP contribution in [0.3, 0.4) is 0 Å². The number of amides is 1. The Bertz CT molecular complexity index is 1100. The highest BCUT2D eigenvalue weighted by Crippen LogP contribution is 2.25. The molecule has 1 amide bonds. The summed E-state index contributed by atoms with van der Waals surface area (Å²) in [6, 6.07) is 22.1. The number of carbonyl (C=O) groups is 1. The maximum absolute atomic E-state index is 13.3. The molecule has 0 aliphatic carbocycles. The molecule has 0 aliphatic heterocycles. The van der Waals surface area contributed by atoms with E-state index in [1.807, 2.05) is 44.2 Å². The van der Waals surface area contributed by atoms with Gasteiger partial charge in [0.25, 0.3) is 10.0 Å². The molecule has 30 heavy (non-hydrogen) atoms. The summed E-state index contributed by atoms with van der Waals surface area (Å²) in [5.41, 5.74) is 2.24. The number of carbonyl (C=O) groups excluding carboxylic acids is 1. The summed E-state index contributed by atoms with van der Waals surface area (Å²) in [5, 5.41) is 3.35. The van der Waals surface area contributed by atoms with Gasteiger partial charge in [-0.3, -0.25) is 9.10 Å². The van der Waals surface area contributed by atoms with Crippen LogP contribution < -0.4 is 9.62 Å². The van der Waals surface area contributed by atoms with Crippen molar-refractivity contribution in [3.63, 3.8) is 0 Å². The fraction of sp³-hybridized carbons (Fsp3) is 0.174. The molecular formula is C23H23ClN2O3S. The van der Waals surface area contributed by atoms with Crippen molar-refractivity contribution in [1.82, 2.24) is 5.32 Å². The number of sulfonamides is 1. The molecule has 0 spiro atoms. The van der Waals surface area contributed by atoms with Crippen molar-refractivity contribution in [3.05, 3.63) is 95.0 Å². The lowest BCUT2D eigenvalue weighted by atomic mass is 10.1. The summed E-state index contributed by atoms with van der Waals surface area (Å²) in [5.74, 6) is -0.406. The molecule has 0 fully saturated rings. The highest BCUT2D eigenvalue weighted by atomic mass is 35.5. The van der Waals surface area contributed by atoms with E-state index in [0.29, 0.717) is 10.7 Å². The second kappa shape index (κ2) is 9.32. The van der Waals surface area contributed by atoms with Crippen molar-refractivity contribution in [2.75, 3.05) is 10.8 Å². The molecule has 1 N–H and O–H groups in total. The van der Waals surface area contributed by atoms with Gasteiger partial charge in [-0.1, -0.05) is 59.6 Å². The van der Waals surface area contributed by atoms with Gasteiger partial charge >= 0.3 is 0 Å². The number of benzene rings is 3. The number of hydrogen-bond donors (Lipinski definition) is 1. The van der Waals surface area contributed by atoms with Crippen LogP contribution in [0.4, 0.5) is 5.69 Å². The molecule has 0 saturated carbocycles. The smallest absolute Gasteiger partial charge is 0.264 e. The molecule has 0 aromatic heterocycles. The van der Waals surface area contributed by atoms with Crippen LogP contribution in [-0.2, 0) is 14.8 Å². The van der Waals surface area contributed by atoms with Crippen molar-refractivity contribution in [2.45, 2.75) is 24.8 Å². The van der Waals surface area contributed by atoms with Gasteiger partial charge < -0.3 is 5.32 Å². The first-order valence-electron chi connectivity index (χ1n) is 9.46. The van der Waals surface area contributed by atoms with Gasteiger partial charge in [0, 0.05) is 5.02 Å². The number of rotatable bonds is 7. The Kier molecular flexibility index (Phi) is 6.80. The Labute approximate surface area is 182 Å². The SMILES string of the molecule is Cc1ccc(S(=O)(=O)N(CC(=O)N[C@H](C)c2ccccc2)c2ccc(Cl)cc2)cc1. The maximum Gasteiger partial charge on any atom is 0.264 e. The summed E-state index contributed by atoms with van der Waals surface area (Å²) in [4.78, 5) is 12.9. The van der Waals surface area contributed by atoms with Crippen LogP contribution >= 0.6 is 11.6 Å². The summed E-state index contributed by atoms with van der Waals surface area (Å²) in [6.07, 6.45) is 0. The molecule has 3 aromatic rings. The van der Waals surface area contributed by atoms with E-state index in [-0.39, 0.29) is 17.5 Å². The molecule has 0 heterocycles. The molecule has 7 heteroatoms. The molecule has 3 aromatic carbocycles. The highest BCUT2D eigenvalue weighted by molar-refractivity contribution is 7.92. The number of anilines is 1. The number of nitrogens with one attached hydrogen (secondary N) is 1. The fourth-order valence-corrected chi connectivity index (χ4v) is 4.55. The summed E-state index contributed by atoms with van der Waals surface area (Å²) in [7, 11) is -3.95. The van der Waals surface area contributed by atoms with Gasteiger partial charge in [0.15, 0.2) is 0 Å². The number of hydrogen-bond acceptors (Lipinski definition) is 3. The Morgan fingerprint density at radius 2 is 1.57 bits per heavy atom. The van der Waals surface area contributed by atoms with E-state index >= 15 is 0 Å². The average molecular weight is 443 g/mol. The van der Waals surface area contributed by atoms with Crippen molar-refractivity contribution in [1.29, 1.82) is 0 Å². The molecule has 1 atom stereocenters. The van der Waals surface area contributed by atoms with E-state index in [2.05, 4.69) is 5.32 Å². The Morgan fingerprint density at radius 1 is 0.967 bits per heavy atom. The normalized spacial score (nSPS) is 12.2. The van der Waals surface area contributed by atoms with Gasteiger partial charge in [-0.15, -0.1) is 0 Å². The topological polar surface area (TPSA) is 66.5 Å². The van der Waals surface area contributed by atoms with Gasteiger partial charge in [0.1, 0.15) is 6.54 Å². The van der Waals surface area contributed by atoms with E-state index in [9.17, 15) is 13.2 Å². The molecular weight excluding hydrogens is 420 g/mol. The van der Waals surface area contributed by atoms with Crippen LogP contribution in [0.1, 0.15) is 24.1 Å². The fourth-order valence-electron chi connectivity index (χ4n) is 3.00. The lowest BCUT2D eigenvalue weighted by Crippen LogP contribution is -2.41. The molecule has 0 aliphatic rings. The van der Waals surface area contributed by atoms with Gasteiger partial charge in [-0.05, 0) is 55.8 Å². The average Bonchev–Trinajstić information content (AvgIpc) is 2.73.